The van der Waals surface area contributed by atoms with Crippen LogP contribution in [0.5, 0.6) is 0 Å². The summed E-state index contributed by atoms with van der Waals surface area (Å²) in [5.41, 5.74) is 2.36. The molecular weight excluding hydrogens is 1040 g/mol. The Kier molecular flexibility index (Phi) is 24.2. The normalized spacial score (nSPS) is 26.0. The van der Waals surface area contributed by atoms with Crippen LogP contribution in [-0.2, 0) is 23.8 Å². The van der Waals surface area contributed by atoms with Crippen LogP contribution in [-0.4, -0.2) is 135 Å². The number of nitrogens with zero attached hydrogens (tertiary/aromatic N) is 6. The molecule has 2 saturated heterocycles. The van der Waals surface area contributed by atoms with Gasteiger partial charge in [-0.15, -0.1) is 0 Å². The number of hydrogen-bond acceptors (Lipinski definition) is 12. The number of carboxylic acids is 1. The molecule has 0 unspecified atom stereocenters. The molecule has 0 radical (unpaired) electrons. The van der Waals surface area contributed by atoms with E-state index >= 15 is 0 Å². The summed E-state index contributed by atoms with van der Waals surface area (Å²) in [6.07, 6.45) is 11.0. The van der Waals surface area contributed by atoms with Gasteiger partial charge in [0.1, 0.15) is 11.3 Å². The summed E-state index contributed by atoms with van der Waals surface area (Å²) >= 11 is 0. The van der Waals surface area contributed by atoms with Crippen LogP contribution in [0.3, 0.4) is 0 Å². The molecule has 16 heteroatoms. The van der Waals surface area contributed by atoms with Crippen LogP contribution in [0.25, 0.3) is 0 Å². The topological polar surface area (TPSA) is 184 Å². The van der Waals surface area contributed by atoms with E-state index in [1.165, 1.54) is 0 Å². The first-order chi connectivity index (χ1) is 36.8. The number of aliphatic imine (C=N–C) groups is 2. The van der Waals surface area contributed by atoms with E-state index in [0.717, 1.165) is 88.2 Å². The Morgan fingerprint density at radius 2 is 0.963 bits per heavy atom. The van der Waals surface area contributed by atoms with E-state index in [4.69, 9.17) is 24.2 Å². The number of hydrogen-bond donors (Lipinski definition) is 1. The Hall–Kier alpha value is -3.86. The second-order valence-electron chi connectivity index (χ2n) is 28.9. The van der Waals surface area contributed by atoms with Crippen LogP contribution in [0, 0.1) is 33.5 Å². The summed E-state index contributed by atoms with van der Waals surface area (Å²) in [6.45, 7) is 39.0. The number of carboxylic acid groups (broad SMARTS) is 1. The minimum absolute atomic E-state index is 0. The van der Waals surface area contributed by atoms with E-state index in [2.05, 4.69) is 117 Å². The van der Waals surface area contributed by atoms with Gasteiger partial charge in [0, 0.05) is 13.1 Å². The number of benzene rings is 2. The average Bonchev–Trinajstić information content (AvgIpc) is 3.79. The van der Waals surface area contributed by atoms with Gasteiger partial charge in [0.05, 0.1) is 67.8 Å². The molecule has 82 heavy (non-hydrogen) atoms. The van der Waals surface area contributed by atoms with Gasteiger partial charge < -0.3 is 44.4 Å². The second-order valence-corrected chi connectivity index (χ2v) is 28.9. The van der Waals surface area contributed by atoms with Crippen LogP contribution in [0.15, 0.2) is 58.5 Å². The second kappa shape index (κ2) is 28.1. The summed E-state index contributed by atoms with van der Waals surface area (Å²) in [4.78, 5) is 72.5. The Labute approximate surface area is 516 Å². The maximum atomic E-state index is 14.6. The van der Waals surface area contributed by atoms with Crippen molar-refractivity contribution in [3.05, 3.63) is 70.8 Å². The van der Waals surface area contributed by atoms with Crippen LogP contribution in [0.2, 0.25) is 0 Å². The summed E-state index contributed by atoms with van der Waals surface area (Å²) < 4.78 is 16.8. The molecule has 4 aliphatic heterocycles. The predicted molar refractivity (Wildman–Crippen MR) is 323 cm³/mol. The van der Waals surface area contributed by atoms with E-state index in [1.54, 1.807) is 12.1 Å². The van der Waals surface area contributed by atoms with Crippen molar-refractivity contribution in [3.63, 3.8) is 0 Å². The molecule has 8 rings (SSSR count). The Bertz CT molecular complexity index is 2500. The van der Waals surface area contributed by atoms with Gasteiger partial charge in [-0.1, -0.05) is 115 Å². The molecule has 2 aromatic carbocycles. The van der Waals surface area contributed by atoms with Crippen molar-refractivity contribution in [1.82, 2.24) is 19.6 Å². The van der Waals surface area contributed by atoms with Gasteiger partial charge in [-0.25, -0.2) is 19.6 Å². The Morgan fingerprint density at radius 3 is 1.26 bits per heavy atom. The zero-order valence-corrected chi connectivity index (χ0v) is 54.8. The molecule has 454 valence electrons. The standard InChI is InChI=1S/C34H53N3O4.C31H47N3O4.CH4.Na.H2O/c1-23(2)41-31(39)26-12-10-25(11-13-26)28(16-17-32(4,5)6)37-30(38)29(36-20-21-40-22-24(36)3)35-34(37)18-14-27(15-19-34)33(7,8)9;1-21-20-38-19-18-33(21)26-27(35)34(31(32-26)16-12-24(13-17-31)30(5,6)7)25(14-15-29(2,3)4)22-8-10-23(11-9-22)28(36)37;;;/h10-13,23-24,27-28H,14-22H2,1-9H3;8-11,21,24-25H,12-20H2,1-7H3,(H,36,37);1H4;;1H2/q;;;+1;/p-1/t24-,27?,28+,34?;21-,24?,25+,31?;;;/m00.../s1. The average molecular weight is 1150 g/mol. The molecule has 2 aromatic rings. The van der Waals surface area contributed by atoms with Gasteiger partial charge in [0.25, 0.3) is 11.8 Å². The summed E-state index contributed by atoms with van der Waals surface area (Å²) in [6, 6.07) is 14.7. The maximum absolute atomic E-state index is 14.6. The first kappa shape index (κ1) is 70.6. The third-order valence-electron chi connectivity index (χ3n) is 18.0. The van der Waals surface area contributed by atoms with Gasteiger partial charge in [0.15, 0.2) is 11.7 Å². The zero-order chi connectivity index (χ0) is 58.0. The number of carbonyl (C=O) groups excluding carboxylic acids is 3. The fourth-order valence-electron chi connectivity index (χ4n) is 13.1. The Morgan fingerprint density at radius 1 is 0.622 bits per heavy atom. The van der Waals surface area contributed by atoms with E-state index in [1.807, 2.05) is 50.2 Å². The van der Waals surface area contributed by atoms with Crippen molar-refractivity contribution in [3.8, 4) is 0 Å². The summed E-state index contributed by atoms with van der Waals surface area (Å²) in [5, 5.41) is 9.47. The number of esters is 1. The smallest absolute Gasteiger partial charge is 0.870 e. The fraction of sp³-hybridized carbons (Fsp3) is 0.727. The maximum Gasteiger partial charge on any atom is 1.00 e. The fourth-order valence-corrected chi connectivity index (χ4v) is 13.1. The number of ether oxygens (including phenoxy) is 3. The van der Waals surface area contributed by atoms with E-state index in [9.17, 15) is 24.3 Å². The first-order valence-electron chi connectivity index (χ1n) is 30.0. The molecule has 2 N–H and O–H groups in total. The van der Waals surface area contributed by atoms with Gasteiger partial charge in [-0.2, -0.15) is 0 Å². The van der Waals surface area contributed by atoms with Crippen molar-refractivity contribution < 1.29 is 73.5 Å². The SMILES string of the molecule is C.CC(C)OC(=O)c1ccc([C@@H](CCC(C)(C)C)N2C(=O)C(N3CCOC[C@@H]3C)=NC23CCC(C(C)(C)C)CC3)cc1.C[C@H]1COCCN1C1=NC2(CCC(C(C)(C)C)CC2)N([C@H](CCC(C)(C)C)c2ccc(C(=O)O)cc2)C1=O.[Na+].[OH-]. The molecule has 15 nitrogen and oxygen atoms in total. The van der Waals surface area contributed by atoms with Crippen molar-refractivity contribution in [2.45, 2.75) is 237 Å². The molecule has 4 atom stereocenters. The molecule has 2 saturated carbocycles. The van der Waals surface area contributed by atoms with Gasteiger partial charge in [-0.05, 0) is 174 Å². The van der Waals surface area contributed by atoms with Crippen molar-refractivity contribution in [2.75, 3.05) is 39.5 Å². The number of amides is 2. The number of amidine groups is 2. The van der Waals surface area contributed by atoms with Crippen molar-refractivity contribution in [2.24, 2.45) is 43.5 Å². The van der Waals surface area contributed by atoms with E-state index in [0.29, 0.717) is 68.6 Å². The number of morpholine rings is 2. The van der Waals surface area contributed by atoms with Gasteiger partial charge in [-0.3, -0.25) is 9.59 Å². The molecule has 6 aliphatic rings. The quantitative estimate of drug-likeness (QED) is 0.167. The van der Waals surface area contributed by atoms with Crippen LogP contribution in [0.4, 0.5) is 0 Å². The Balaban J connectivity index is 0.000000341. The predicted octanol–water partition coefficient (Wildman–Crippen LogP) is 10.6. The molecule has 2 amide bonds. The minimum atomic E-state index is -0.941. The zero-order valence-electron chi connectivity index (χ0n) is 52.8. The third-order valence-corrected chi connectivity index (χ3v) is 18.0. The molecule has 4 heterocycles. The summed E-state index contributed by atoms with van der Waals surface area (Å²) in [5.74, 6) is 1.17. The molecule has 2 aliphatic carbocycles. The number of rotatable bonds is 11. The van der Waals surface area contributed by atoms with Gasteiger partial charge in [0.2, 0.25) is 0 Å². The monoisotopic (exact) mass is 1150 g/mol. The molecule has 2 spiro atoms. The third kappa shape index (κ3) is 16.8. The van der Waals surface area contributed by atoms with Crippen LogP contribution >= 0.6 is 0 Å². The van der Waals surface area contributed by atoms with Crippen LogP contribution < -0.4 is 29.6 Å². The molecule has 0 bridgehead atoms. The van der Waals surface area contributed by atoms with E-state index in [-0.39, 0.29) is 118 Å². The first-order valence-corrected chi connectivity index (χ1v) is 30.0. The molecular formula is C66H105N6NaO9. The van der Waals surface area contributed by atoms with Crippen LogP contribution in [0.1, 0.15) is 239 Å². The molecule has 0 aromatic heterocycles. The number of carbonyl (C=O) groups is 4. The van der Waals surface area contributed by atoms with E-state index < -0.39 is 17.3 Å². The number of aromatic carboxylic acids is 1. The van der Waals surface area contributed by atoms with Crippen molar-refractivity contribution >= 4 is 35.4 Å². The minimum Gasteiger partial charge on any atom is -0.870 e. The largest absolute Gasteiger partial charge is 1.00 e. The van der Waals surface area contributed by atoms with Crippen molar-refractivity contribution in [1.29, 1.82) is 0 Å². The van der Waals surface area contributed by atoms with Gasteiger partial charge >= 0.3 is 41.5 Å². The summed E-state index contributed by atoms with van der Waals surface area (Å²) in [7, 11) is 0. The molecule has 4 fully saturated rings.